The molecule has 4 aromatic rings. The number of nitrogens with zero attached hydrogens (tertiary/aromatic N) is 3. The first-order chi connectivity index (χ1) is 14.6. The topological polar surface area (TPSA) is 85.8 Å². The van der Waals surface area contributed by atoms with Gasteiger partial charge < -0.3 is 9.29 Å². The van der Waals surface area contributed by atoms with Gasteiger partial charge in [-0.3, -0.25) is 4.79 Å². The Labute approximate surface area is 174 Å². The van der Waals surface area contributed by atoms with E-state index < -0.39 is 16.8 Å². The predicted octanol–water partition coefficient (Wildman–Crippen LogP) is 3.41. The molecule has 1 atom stereocenters. The zero-order valence-electron chi connectivity index (χ0n) is 15.7. The molecule has 7 nitrogen and oxygen atoms in total. The molecule has 8 heteroatoms. The van der Waals surface area contributed by atoms with Crippen LogP contribution in [0.3, 0.4) is 0 Å². The van der Waals surface area contributed by atoms with Crippen molar-refractivity contribution in [2.45, 2.75) is 0 Å². The van der Waals surface area contributed by atoms with Crippen molar-refractivity contribution in [2.75, 3.05) is 0 Å². The lowest BCUT2D eigenvalue weighted by molar-refractivity contribution is 0.425. The fourth-order valence-corrected chi connectivity index (χ4v) is 3.42. The summed E-state index contributed by atoms with van der Waals surface area (Å²) in [6.07, 6.45) is 1.07. The zero-order valence-corrected chi connectivity index (χ0v) is 16.5. The fourth-order valence-electron chi connectivity index (χ4n) is 2.91. The molecular weight excluding hydrogens is 402 g/mol. The highest BCUT2D eigenvalue weighted by molar-refractivity contribution is 7.79. The Kier molecular flexibility index (Phi) is 5.58. The second-order valence-corrected chi connectivity index (χ2v) is 7.00. The minimum Gasteiger partial charge on any atom is -0.493 e. The molecule has 0 aliphatic heterocycles. The average molecular weight is 419 g/mol. The molecule has 1 aromatic heterocycles. The molecule has 30 heavy (non-hydrogen) atoms. The number of aromatic nitrogens is 2. The maximum absolute atomic E-state index is 13.1. The molecule has 150 valence electrons. The zero-order chi connectivity index (χ0) is 20.9. The molecule has 0 saturated carbocycles. The summed E-state index contributed by atoms with van der Waals surface area (Å²) in [5.41, 5.74) is 0.524. The van der Waals surface area contributed by atoms with Crippen LogP contribution in [0.2, 0.25) is 0 Å². The molecule has 0 radical (unpaired) electrons. The first kappa shape index (κ1) is 19.4. The largest absolute Gasteiger partial charge is 0.493 e. The Balaban J connectivity index is 1.77. The summed E-state index contributed by atoms with van der Waals surface area (Å²) in [4.78, 5) is 13.1. The van der Waals surface area contributed by atoms with Gasteiger partial charge in [0.1, 0.15) is 11.3 Å². The van der Waals surface area contributed by atoms with Gasteiger partial charge in [-0.2, -0.15) is 8.61 Å². The van der Waals surface area contributed by atoms with E-state index >= 15 is 0 Å². The van der Waals surface area contributed by atoms with E-state index in [1.165, 1.54) is 9.36 Å². The van der Waals surface area contributed by atoms with Gasteiger partial charge in [-0.1, -0.05) is 54.6 Å². The lowest BCUT2D eigenvalue weighted by Crippen LogP contribution is -2.21. The molecule has 0 saturated heterocycles. The molecule has 1 heterocycles. The van der Waals surface area contributed by atoms with Crippen molar-refractivity contribution in [2.24, 2.45) is 4.40 Å². The predicted molar refractivity (Wildman–Crippen MR) is 116 cm³/mol. The van der Waals surface area contributed by atoms with Gasteiger partial charge in [0.25, 0.3) is 5.56 Å². The third kappa shape index (κ3) is 3.94. The first-order valence-corrected chi connectivity index (χ1v) is 10.1. The van der Waals surface area contributed by atoms with Gasteiger partial charge in [0.2, 0.25) is 5.88 Å². The molecular formula is C22H17N3O4S. The van der Waals surface area contributed by atoms with Gasteiger partial charge in [-0.05, 0) is 36.4 Å². The van der Waals surface area contributed by atoms with Crippen LogP contribution >= 0.6 is 0 Å². The van der Waals surface area contributed by atoms with Crippen molar-refractivity contribution in [3.8, 4) is 23.0 Å². The number of aromatic hydroxyl groups is 1. The van der Waals surface area contributed by atoms with Crippen LogP contribution in [-0.4, -0.2) is 24.9 Å². The highest BCUT2D eigenvalue weighted by atomic mass is 32.2. The van der Waals surface area contributed by atoms with E-state index in [0.717, 1.165) is 6.21 Å². The Morgan fingerprint density at radius 1 is 0.800 bits per heavy atom. The van der Waals surface area contributed by atoms with Crippen LogP contribution in [0.25, 0.3) is 11.4 Å². The van der Waals surface area contributed by atoms with Crippen molar-refractivity contribution in [3.63, 3.8) is 0 Å². The van der Waals surface area contributed by atoms with Crippen LogP contribution in [0.15, 0.2) is 100 Å². The smallest absolute Gasteiger partial charge is 0.338 e. The number of para-hydroxylation sites is 3. The summed E-state index contributed by atoms with van der Waals surface area (Å²) in [6.45, 7) is 0. The summed E-state index contributed by atoms with van der Waals surface area (Å²) < 4.78 is 23.8. The van der Waals surface area contributed by atoms with Crippen LogP contribution in [0.5, 0.6) is 11.6 Å². The van der Waals surface area contributed by atoms with E-state index in [4.69, 9.17) is 4.18 Å². The normalized spacial score (nSPS) is 12.1. The third-order valence-corrected chi connectivity index (χ3v) is 4.86. The molecule has 0 spiro atoms. The minimum absolute atomic E-state index is 0.104. The van der Waals surface area contributed by atoms with Crippen LogP contribution in [-0.2, 0) is 11.3 Å². The molecule has 0 aliphatic carbocycles. The van der Waals surface area contributed by atoms with E-state index in [1.807, 2.05) is 12.1 Å². The minimum atomic E-state index is -2.07. The van der Waals surface area contributed by atoms with Gasteiger partial charge in [-0.25, -0.2) is 9.36 Å². The Hall–Kier alpha value is -3.91. The maximum Gasteiger partial charge on any atom is 0.338 e. The Morgan fingerprint density at radius 3 is 1.87 bits per heavy atom. The molecule has 0 aliphatic rings. The molecule has 4 rings (SSSR count). The molecule has 3 aromatic carbocycles. The fraction of sp³-hybridized carbons (Fsp3) is 0. The second kappa shape index (κ2) is 8.62. The van der Waals surface area contributed by atoms with Crippen LogP contribution in [0, 0.1) is 0 Å². The highest BCUT2D eigenvalue weighted by Gasteiger charge is 2.21. The van der Waals surface area contributed by atoms with E-state index in [2.05, 4.69) is 4.40 Å². The van der Waals surface area contributed by atoms with Gasteiger partial charge in [-0.15, -0.1) is 0 Å². The van der Waals surface area contributed by atoms with E-state index in [1.54, 1.807) is 78.9 Å². The molecule has 1 N–H and O–H groups in total. The van der Waals surface area contributed by atoms with E-state index in [0.29, 0.717) is 17.1 Å². The highest BCUT2D eigenvalue weighted by Crippen LogP contribution is 2.22. The Bertz CT molecular complexity index is 1250. The summed E-state index contributed by atoms with van der Waals surface area (Å²) in [6, 6.07) is 26.4. The van der Waals surface area contributed by atoms with Gasteiger partial charge in [0.15, 0.2) is 0 Å². The number of hydrogen-bond acceptors (Lipinski definition) is 4. The lowest BCUT2D eigenvalue weighted by Gasteiger charge is -2.12. The summed E-state index contributed by atoms with van der Waals surface area (Å²) in [5, 5.41) is 10.8. The molecule has 0 bridgehead atoms. The maximum atomic E-state index is 13.1. The Morgan fingerprint density at radius 2 is 1.30 bits per heavy atom. The molecule has 1 unspecified atom stereocenters. The summed E-state index contributed by atoms with van der Waals surface area (Å²) in [5.74, 6) is 0.0521. The molecule has 0 amide bonds. The second-order valence-electron chi connectivity index (χ2n) is 6.19. The summed E-state index contributed by atoms with van der Waals surface area (Å²) >= 11 is -2.07. The van der Waals surface area contributed by atoms with Gasteiger partial charge in [0.05, 0.1) is 17.6 Å². The average Bonchev–Trinajstić information content (AvgIpc) is 3.04. The van der Waals surface area contributed by atoms with Crippen molar-refractivity contribution >= 4 is 17.5 Å². The first-order valence-electron chi connectivity index (χ1n) is 9.02. The number of hydrogen-bond donors (Lipinski definition) is 1. The van der Waals surface area contributed by atoms with Gasteiger partial charge in [0, 0.05) is 0 Å². The van der Waals surface area contributed by atoms with Crippen molar-refractivity contribution in [1.82, 2.24) is 9.36 Å². The standard InChI is InChI=1S/C22H17N3O4S/c26-21-20(16-23-30(28)29-19-14-8-3-9-15-19)22(27)25(18-12-6-2-7-13-18)24(21)17-10-4-1-5-11-17/h1-16,26H/b23-16+. The quantitative estimate of drug-likeness (QED) is 0.485. The SMILES string of the molecule is O=c1c(/C=N/S(=O)Oc2ccccc2)c(O)n(-c2ccccc2)n1-c1ccccc1. The van der Waals surface area contributed by atoms with Crippen LogP contribution in [0.4, 0.5) is 0 Å². The van der Waals surface area contributed by atoms with Crippen molar-refractivity contribution < 1.29 is 13.5 Å². The monoisotopic (exact) mass is 419 g/mol. The van der Waals surface area contributed by atoms with Gasteiger partial charge >= 0.3 is 11.3 Å². The number of benzene rings is 3. The third-order valence-electron chi connectivity index (χ3n) is 4.24. The van der Waals surface area contributed by atoms with E-state index in [-0.39, 0.29) is 11.4 Å². The number of rotatable bonds is 6. The van der Waals surface area contributed by atoms with E-state index in [9.17, 15) is 14.1 Å². The molecule has 0 fully saturated rings. The van der Waals surface area contributed by atoms with Crippen molar-refractivity contribution in [1.29, 1.82) is 0 Å². The van der Waals surface area contributed by atoms with Crippen LogP contribution in [0.1, 0.15) is 5.56 Å². The van der Waals surface area contributed by atoms with Crippen molar-refractivity contribution in [3.05, 3.63) is 107 Å². The van der Waals surface area contributed by atoms with Crippen LogP contribution < -0.4 is 9.74 Å². The summed E-state index contributed by atoms with van der Waals surface area (Å²) in [7, 11) is 0. The lowest BCUT2D eigenvalue weighted by atomic mass is 10.3.